The molecule has 0 bridgehead atoms. The van der Waals surface area contributed by atoms with Crippen LogP contribution in [-0.2, 0) is 0 Å². The van der Waals surface area contributed by atoms with Crippen LogP contribution in [0.15, 0.2) is 42.5 Å². The quantitative estimate of drug-likeness (QED) is 0.754. The van der Waals surface area contributed by atoms with Gasteiger partial charge in [0.1, 0.15) is 11.5 Å². The molecule has 0 aliphatic carbocycles. The Kier molecular flexibility index (Phi) is 4.95. The number of amides is 1. The van der Waals surface area contributed by atoms with Crippen molar-refractivity contribution in [3.63, 3.8) is 0 Å². The monoisotopic (exact) mass is 355 g/mol. The molecule has 0 radical (unpaired) electrons. The van der Waals surface area contributed by atoms with Crippen molar-refractivity contribution >= 4 is 22.4 Å². The van der Waals surface area contributed by atoms with E-state index in [9.17, 15) is 4.79 Å². The largest absolute Gasteiger partial charge is 0.497 e. The van der Waals surface area contributed by atoms with E-state index < -0.39 is 0 Å². The molecule has 7 heteroatoms. The number of benzene rings is 2. The lowest BCUT2D eigenvalue weighted by Gasteiger charge is -2.07. The highest BCUT2D eigenvalue weighted by atomic mass is 32.1. The highest BCUT2D eigenvalue weighted by Crippen LogP contribution is 2.36. The highest BCUT2D eigenvalue weighted by Gasteiger charge is 2.15. The number of anilines is 1. The zero-order valence-electron chi connectivity index (χ0n) is 14.1. The summed E-state index contributed by atoms with van der Waals surface area (Å²) in [5.41, 5.74) is 2.31. The van der Waals surface area contributed by atoms with E-state index in [-0.39, 0.29) is 5.91 Å². The van der Waals surface area contributed by atoms with Crippen LogP contribution in [0.4, 0.5) is 5.13 Å². The maximum atomic E-state index is 12.4. The number of nitrogens with one attached hydrogen (secondary N) is 1. The Hall–Kier alpha value is -2.93. The third kappa shape index (κ3) is 3.61. The fraction of sp³-hybridized carbons (Fsp3) is 0.167. The molecule has 3 rings (SSSR count). The minimum Gasteiger partial charge on any atom is -0.497 e. The van der Waals surface area contributed by atoms with E-state index in [0.29, 0.717) is 27.2 Å². The van der Waals surface area contributed by atoms with Crippen LogP contribution in [0.3, 0.4) is 0 Å². The summed E-state index contributed by atoms with van der Waals surface area (Å²) in [5.74, 6) is 1.12. The minimum atomic E-state index is -0.206. The van der Waals surface area contributed by atoms with Crippen molar-refractivity contribution in [3.05, 3.63) is 53.6 Å². The van der Waals surface area contributed by atoms with Gasteiger partial charge in [-0.05, 0) is 30.7 Å². The summed E-state index contributed by atoms with van der Waals surface area (Å²) < 4.78 is 10.6. The summed E-state index contributed by atoms with van der Waals surface area (Å²) in [6.45, 7) is 1.89. The normalized spacial score (nSPS) is 10.4. The van der Waals surface area contributed by atoms with Gasteiger partial charge in [0, 0.05) is 11.6 Å². The average molecular weight is 355 g/mol. The Labute approximate surface area is 149 Å². The molecule has 1 amide bonds. The second-order valence-electron chi connectivity index (χ2n) is 5.25. The van der Waals surface area contributed by atoms with E-state index in [1.165, 1.54) is 11.3 Å². The number of ether oxygens (including phenoxy) is 2. The first-order valence-corrected chi connectivity index (χ1v) is 8.37. The van der Waals surface area contributed by atoms with Crippen molar-refractivity contribution < 1.29 is 14.3 Å². The van der Waals surface area contributed by atoms with Gasteiger partial charge in [-0.15, -0.1) is 10.2 Å². The van der Waals surface area contributed by atoms with Gasteiger partial charge in [-0.3, -0.25) is 10.1 Å². The predicted molar refractivity (Wildman–Crippen MR) is 97.6 cm³/mol. The van der Waals surface area contributed by atoms with E-state index in [0.717, 1.165) is 11.1 Å². The molecule has 1 heterocycles. The van der Waals surface area contributed by atoms with Crippen molar-refractivity contribution in [1.29, 1.82) is 0 Å². The first kappa shape index (κ1) is 16.9. The lowest BCUT2D eigenvalue weighted by atomic mass is 10.1. The number of aryl methyl sites for hydroxylation is 1. The Morgan fingerprint density at radius 2 is 1.88 bits per heavy atom. The van der Waals surface area contributed by atoms with Crippen LogP contribution in [0.5, 0.6) is 11.5 Å². The standard InChI is InChI=1S/C18H17N3O3S/c1-11-6-4-5-7-13(11)16(22)19-18-21-20-17(25-18)14-9-8-12(23-2)10-15(14)24-3/h4-10H,1-3H3,(H,19,21,22). The molecule has 3 aromatic rings. The summed E-state index contributed by atoms with van der Waals surface area (Å²) in [5, 5.41) is 12.1. The van der Waals surface area contributed by atoms with E-state index in [4.69, 9.17) is 9.47 Å². The second kappa shape index (κ2) is 7.31. The fourth-order valence-corrected chi connectivity index (χ4v) is 3.12. The predicted octanol–water partition coefficient (Wildman–Crippen LogP) is 3.78. The van der Waals surface area contributed by atoms with Crippen LogP contribution in [0.2, 0.25) is 0 Å². The van der Waals surface area contributed by atoms with Crippen molar-refractivity contribution in [2.75, 3.05) is 19.5 Å². The Morgan fingerprint density at radius 1 is 1.08 bits per heavy atom. The third-order valence-corrected chi connectivity index (χ3v) is 4.55. The molecule has 0 atom stereocenters. The van der Waals surface area contributed by atoms with E-state index >= 15 is 0 Å². The molecule has 0 unspecified atom stereocenters. The SMILES string of the molecule is COc1ccc(-c2nnc(NC(=O)c3ccccc3C)s2)c(OC)c1. The van der Waals surface area contributed by atoms with Crippen molar-refractivity contribution in [1.82, 2.24) is 10.2 Å². The van der Waals surface area contributed by atoms with Crippen molar-refractivity contribution in [2.24, 2.45) is 0 Å². The zero-order chi connectivity index (χ0) is 17.8. The highest BCUT2D eigenvalue weighted by molar-refractivity contribution is 7.18. The van der Waals surface area contributed by atoms with Gasteiger partial charge in [-0.1, -0.05) is 29.5 Å². The minimum absolute atomic E-state index is 0.206. The maximum absolute atomic E-state index is 12.4. The molecular formula is C18H17N3O3S. The van der Waals surface area contributed by atoms with Gasteiger partial charge in [-0.2, -0.15) is 0 Å². The molecule has 0 spiro atoms. The van der Waals surface area contributed by atoms with Gasteiger partial charge in [-0.25, -0.2) is 0 Å². The summed E-state index contributed by atoms with van der Waals surface area (Å²) >= 11 is 1.28. The second-order valence-corrected chi connectivity index (χ2v) is 6.23. The summed E-state index contributed by atoms with van der Waals surface area (Å²) in [6, 6.07) is 12.8. The topological polar surface area (TPSA) is 73.3 Å². The molecule has 1 aromatic heterocycles. The smallest absolute Gasteiger partial charge is 0.257 e. The zero-order valence-corrected chi connectivity index (χ0v) is 14.9. The molecule has 0 aliphatic heterocycles. The van der Waals surface area contributed by atoms with Gasteiger partial charge >= 0.3 is 0 Å². The molecule has 25 heavy (non-hydrogen) atoms. The van der Waals surface area contributed by atoms with Gasteiger partial charge in [0.15, 0.2) is 5.01 Å². The number of rotatable bonds is 5. The van der Waals surface area contributed by atoms with Crippen LogP contribution in [0, 0.1) is 6.92 Å². The number of methoxy groups -OCH3 is 2. The molecule has 0 saturated carbocycles. The first-order chi connectivity index (χ1) is 12.1. The Morgan fingerprint density at radius 3 is 2.60 bits per heavy atom. The molecule has 0 fully saturated rings. The number of hydrogen-bond donors (Lipinski definition) is 1. The number of aromatic nitrogens is 2. The van der Waals surface area contributed by atoms with E-state index in [2.05, 4.69) is 15.5 Å². The van der Waals surface area contributed by atoms with Gasteiger partial charge in [0.05, 0.1) is 19.8 Å². The molecule has 1 N–H and O–H groups in total. The van der Waals surface area contributed by atoms with Crippen molar-refractivity contribution in [2.45, 2.75) is 6.92 Å². The Balaban J connectivity index is 1.84. The maximum Gasteiger partial charge on any atom is 0.257 e. The van der Waals surface area contributed by atoms with Gasteiger partial charge in [0.25, 0.3) is 5.91 Å². The van der Waals surface area contributed by atoms with Gasteiger partial charge in [0.2, 0.25) is 5.13 Å². The van der Waals surface area contributed by atoms with E-state index in [1.807, 2.05) is 37.3 Å². The van der Waals surface area contributed by atoms with Crippen LogP contribution in [0.1, 0.15) is 15.9 Å². The number of hydrogen-bond acceptors (Lipinski definition) is 6. The van der Waals surface area contributed by atoms with Crippen LogP contribution >= 0.6 is 11.3 Å². The third-order valence-electron chi connectivity index (χ3n) is 3.67. The number of nitrogens with zero attached hydrogens (tertiary/aromatic N) is 2. The Bertz CT molecular complexity index is 908. The summed E-state index contributed by atoms with van der Waals surface area (Å²) in [7, 11) is 3.18. The molecule has 0 aliphatic rings. The lowest BCUT2D eigenvalue weighted by molar-refractivity contribution is 0.102. The first-order valence-electron chi connectivity index (χ1n) is 7.55. The summed E-state index contributed by atoms with van der Waals surface area (Å²) in [4.78, 5) is 12.4. The lowest BCUT2D eigenvalue weighted by Crippen LogP contribution is -2.12. The molecule has 2 aromatic carbocycles. The fourth-order valence-electron chi connectivity index (χ4n) is 2.35. The van der Waals surface area contributed by atoms with Gasteiger partial charge < -0.3 is 9.47 Å². The average Bonchev–Trinajstić information content (AvgIpc) is 3.09. The summed E-state index contributed by atoms with van der Waals surface area (Å²) in [6.07, 6.45) is 0. The number of carbonyl (C=O) groups excluding carboxylic acids is 1. The van der Waals surface area contributed by atoms with E-state index in [1.54, 1.807) is 26.4 Å². The molecule has 6 nitrogen and oxygen atoms in total. The molecule has 128 valence electrons. The van der Waals surface area contributed by atoms with Crippen LogP contribution in [0.25, 0.3) is 10.6 Å². The molecular weight excluding hydrogens is 338 g/mol. The van der Waals surface area contributed by atoms with Crippen LogP contribution < -0.4 is 14.8 Å². The van der Waals surface area contributed by atoms with Crippen LogP contribution in [-0.4, -0.2) is 30.3 Å². The molecule has 0 saturated heterocycles. The van der Waals surface area contributed by atoms with Crippen molar-refractivity contribution in [3.8, 4) is 22.1 Å². The number of carbonyl (C=O) groups is 1.